The molecule has 1 aliphatic rings. The number of amides is 2. The zero-order chi connectivity index (χ0) is 19.2. The molecule has 27 heavy (non-hydrogen) atoms. The van der Waals surface area contributed by atoms with Crippen LogP contribution in [-0.2, 0) is 0 Å². The largest absolute Gasteiger partial charge is 0.371 e. The van der Waals surface area contributed by atoms with Crippen LogP contribution < -0.4 is 15.5 Å². The summed E-state index contributed by atoms with van der Waals surface area (Å²) in [5, 5.41) is 5.59. The Labute approximate surface area is 158 Å². The Balaban J connectivity index is 1.86. The lowest BCUT2D eigenvalue weighted by Crippen LogP contribution is -2.28. The summed E-state index contributed by atoms with van der Waals surface area (Å²) in [5.74, 6) is -1.28. The summed E-state index contributed by atoms with van der Waals surface area (Å²) < 4.78 is 13.8. The minimum Gasteiger partial charge on any atom is -0.371 e. The molecule has 0 radical (unpaired) electrons. The first-order valence-electron chi connectivity index (χ1n) is 9.33. The van der Waals surface area contributed by atoms with Crippen LogP contribution in [0.5, 0.6) is 0 Å². The second kappa shape index (κ2) is 8.66. The number of hydrogen-bond donors (Lipinski definition) is 2. The maximum absolute atomic E-state index is 13.8. The highest BCUT2D eigenvalue weighted by Crippen LogP contribution is 2.28. The van der Waals surface area contributed by atoms with E-state index in [1.165, 1.54) is 18.2 Å². The third-order valence-corrected chi connectivity index (χ3v) is 4.60. The van der Waals surface area contributed by atoms with Gasteiger partial charge < -0.3 is 15.5 Å². The molecule has 2 amide bonds. The third-order valence-electron chi connectivity index (χ3n) is 4.60. The highest BCUT2D eigenvalue weighted by Gasteiger charge is 2.20. The molecule has 3 rings (SSSR count). The van der Waals surface area contributed by atoms with Crippen molar-refractivity contribution in [1.29, 1.82) is 0 Å². The predicted octanol–water partition coefficient (Wildman–Crippen LogP) is 3.82. The maximum Gasteiger partial charge on any atom is 0.258 e. The Morgan fingerprint density at radius 1 is 1.04 bits per heavy atom. The second-order valence-corrected chi connectivity index (χ2v) is 6.62. The molecule has 2 N–H and O–H groups in total. The minimum absolute atomic E-state index is 0.0295. The highest BCUT2D eigenvalue weighted by atomic mass is 19.1. The SMILES string of the molecule is CCCNC(=O)c1cc(NC(=O)c2ccccc2F)ccc1N1CCCC1. The van der Waals surface area contributed by atoms with E-state index in [-0.39, 0.29) is 11.5 Å². The molecule has 0 aliphatic carbocycles. The Kier molecular flexibility index (Phi) is 6.06. The van der Waals surface area contributed by atoms with Gasteiger partial charge in [0.1, 0.15) is 5.82 Å². The van der Waals surface area contributed by atoms with E-state index in [4.69, 9.17) is 0 Å². The van der Waals surface area contributed by atoms with Crippen LogP contribution in [0.3, 0.4) is 0 Å². The molecule has 142 valence electrons. The van der Waals surface area contributed by atoms with Gasteiger partial charge in [-0.15, -0.1) is 0 Å². The molecule has 0 unspecified atom stereocenters. The lowest BCUT2D eigenvalue weighted by atomic mass is 10.1. The molecule has 5 nitrogen and oxygen atoms in total. The van der Waals surface area contributed by atoms with Crippen molar-refractivity contribution < 1.29 is 14.0 Å². The molecular formula is C21H24FN3O2. The van der Waals surface area contributed by atoms with Gasteiger partial charge in [-0.1, -0.05) is 19.1 Å². The van der Waals surface area contributed by atoms with Gasteiger partial charge in [0.25, 0.3) is 11.8 Å². The van der Waals surface area contributed by atoms with Crippen LogP contribution in [0.1, 0.15) is 46.9 Å². The normalized spacial score (nSPS) is 13.5. The monoisotopic (exact) mass is 369 g/mol. The predicted molar refractivity (Wildman–Crippen MR) is 105 cm³/mol. The lowest BCUT2D eigenvalue weighted by molar-refractivity contribution is 0.0952. The van der Waals surface area contributed by atoms with Gasteiger partial charge in [-0.25, -0.2) is 4.39 Å². The van der Waals surface area contributed by atoms with Gasteiger partial charge in [0.05, 0.1) is 11.1 Å². The molecule has 0 spiro atoms. The van der Waals surface area contributed by atoms with E-state index < -0.39 is 11.7 Å². The lowest BCUT2D eigenvalue weighted by Gasteiger charge is -2.22. The number of halogens is 1. The van der Waals surface area contributed by atoms with Crippen molar-refractivity contribution in [2.24, 2.45) is 0 Å². The average Bonchev–Trinajstić information content (AvgIpc) is 3.21. The fourth-order valence-corrected chi connectivity index (χ4v) is 3.21. The van der Waals surface area contributed by atoms with E-state index in [0.717, 1.165) is 38.0 Å². The van der Waals surface area contributed by atoms with Gasteiger partial charge in [-0.3, -0.25) is 9.59 Å². The van der Waals surface area contributed by atoms with E-state index >= 15 is 0 Å². The van der Waals surface area contributed by atoms with E-state index in [9.17, 15) is 14.0 Å². The number of anilines is 2. The Morgan fingerprint density at radius 3 is 2.48 bits per heavy atom. The summed E-state index contributed by atoms with van der Waals surface area (Å²) in [6.07, 6.45) is 3.04. The van der Waals surface area contributed by atoms with Gasteiger partial charge in [0.15, 0.2) is 0 Å². The van der Waals surface area contributed by atoms with Crippen molar-refractivity contribution in [1.82, 2.24) is 5.32 Å². The fraction of sp³-hybridized carbons (Fsp3) is 0.333. The Hall–Kier alpha value is -2.89. The van der Waals surface area contributed by atoms with Crippen molar-refractivity contribution >= 4 is 23.2 Å². The van der Waals surface area contributed by atoms with Crippen molar-refractivity contribution in [3.8, 4) is 0 Å². The summed E-state index contributed by atoms with van der Waals surface area (Å²) >= 11 is 0. The molecule has 0 saturated carbocycles. The van der Waals surface area contributed by atoms with Crippen molar-refractivity contribution in [3.63, 3.8) is 0 Å². The molecule has 2 aromatic carbocycles. The van der Waals surface area contributed by atoms with Crippen LogP contribution in [0.4, 0.5) is 15.8 Å². The topological polar surface area (TPSA) is 61.4 Å². The molecule has 0 bridgehead atoms. The van der Waals surface area contributed by atoms with E-state index in [0.29, 0.717) is 17.8 Å². The van der Waals surface area contributed by atoms with Gasteiger partial charge in [0, 0.05) is 31.0 Å². The van der Waals surface area contributed by atoms with Gasteiger partial charge in [-0.05, 0) is 49.6 Å². The van der Waals surface area contributed by atoms with Gasteiger partial charge in [0.2, 0.25) is 0 Å². The van der Waals surface area contributed by atoms with Crippen LogP contribution >= 0.6 is 0 Å². The number of carbonyl (C=O) groups excluding carboxylic acids is 2. The maximum atomic E-state index is 13.8. The standard InChI is InChI=1S/C21H24FN3O2/c1-2-11-23-20(26)17-14-15(9-10-19(17)25-12-5-6-13-25)24-21(27)16-7-3-4-8-18(16)22/h3-4,7-10,14H,2,5-6,11-13H2,1H3,(H,23,26)(H,24,27). The van der Waals surface area contributed by atoms with Gasteiger partial charge in [-0.2, -0.15) is 0 Å². The summed E-state index contributed by atoms with van der Waals surface area (Å²) in [4.78, 5) is 27.2. The average molecular weight is 369 g/mol. The molecule has 1 fully saturated rings. The third kappa shape index (κ3) is 4.45. The molecule has 0 aromatic heterocycles. The van der Waals surface area contributed by atoms with Crippen molar-refractivity contribution in [2.75, 3.05) is 29.9 Å². The van der Waals surface area contributed by atoms with Gasteiger partial charge >= 0.3 is 0 Å². The highest BCUT2D eigenvalue weighted by molar-refractivity contribution is 6.06. The van der Waals surface area contributed by atoms with E-state index in [1.807, 2.05) is 13.0 Å². The first-order valence-corrected chi connectivity index (χ1v) is 9.33. The second-order valence-electron chi connectivity index (χ2n) is 6.62. The van der Waals surface area contributed by atoms with Crippen molar-refractivity contribution in [2.45, 2.75) is 26.2 Å². The Bertz CT molecular complexity index is 832. The quantitative estimate of drug-likeness (QED) is 0.814. The smallest absolute Gasteiger partial charge is 0.258 e. The molecule has 6 heteroatoms. The summed E-state index contributed by atoms with van der Waals surface area (Å²) in [5.41, 5.74) is 1.83. The van der Waals surface area contributed by atoms with Crippen molar-refractivity contribution in [3.05, 3.63) is 59.4 Å². The number of hydrogen-bond acceptors (Lipinski definition) is 3. The zero-order valence-electron chi connectivity index (χ0n) is 15.4. The molecular weight excluding hydrogens is 345 g/mol. The number of nitrogens with one attached hydrogen (secondary N) is 2. The number of rotatable bonds is 6. The number of carbonyl (C=O) groups is 2. The van der Waals surface area contributed by atoms with E-state index in [2.05, 4.69) is 15.5 Å². The van der Waals surface area contributed by atoms with Crippen LogP contribution in [0.15, 0.2) is 42.5 Å². The Morgan fingerprint density at radius 2 is 1.78 bits per heavy atom. The minimum atomic E-state index is -0.579. The number of nitrogens with zero attached hydrogens (tertiary/aromatic N) is 1. The summed E-state index contributed by atoms with van der Waals surface area (Å²) in [7, 11) is 0. The van der Waals surface area contributed by atoms with Crippen LogP contribution in [0.2, 0.25) is 0 Å². The molecule has 1 saturated heterocycles. The fourth-order valence-electron chi connectivity index (χ4n) is 3.21. The first kappa shape index (κ1) is 18.9. The van der Waals surface area contributed by atoms with Crippen LogP contribution in [0, 0.1) is 5.82 Å². The molecule has 2 aromatic rings. The van der Waals surface area contributed by atoms with Crippen LogP contribution in [-0.4, -0.2) is 31.4 Å². The zero-order valence-corrected chi connectivity index (χ0v) is 15.4. The number of benzene rings is 2. The summed E-state index contributed by atoms with van der Waals surface area (Å²) in [6.45, 7) is 4.40. The van der Waals surface area contributed by atoms with Crippen LogP contribution in [0.25, 0.3) is 0 Å². The summed E-state index contributed by atoms with van der Waals surface area (Å²) in [6, 6.07) is 11.1. The van der Waals surface area contributed by atoms with E-state index in [1.54, 1.807) is 18.2 Å². The molecule has 1 heterocycles. The molecule has 0 atom stereocenters. The molecule has 1 aliphatic heterocycles. The first-order chi connectivity index (χ1) is 13.1.